The van der Waals surface area contributed by atoms with Gasteiger partial charge in [-0.2, -0.15) is 13.2 Å². The van der Waals surface area contributed by atoms with E-state index in [0.29, 0.717) is 23.5 Å². The van der Waals surface area contributed by atoms with Gasteiger partial charge in [-0.25, -0.2) is 0 Å². The van der Waals surface area contributed by atoms with Crippen LogP contribution < -0.4 is 24.8 Å². The predicted octanol–water partition coefficient (Wildman–Crippen LogP) is 3.79. The molecule has 1 saturated heterocycles. The second kappa shape index (κ2) is 8.01. The van der Waals surface area contributed by atoms with E-state index in [-0.39, 0.29) is 42.7 Å². The van der Waals surface area contributed by atoms with Crippen molar-refractivity contribution in [2.24, 2.45) is 0 Å². The van der Waals surface area contributed by atoms with Crippen molar-refractivity contribution in [1.29, 1.82) is 0 Å². The van der Waals surface area contributed by atoms with Crippen LogP contribution in [0.5, 0.6) is 23.0 Å². The minimum absolute atomic E-state index is 0.0186. The van der Waals surface area contributed by atoms with Gasteiger partial charge in [0.15, 0.2) is 11.5 Å². The summed E-state index contributed by atoms with van der Waals surface area (Å²) in [5.74, 6) is 0.180. The smallest absolute Gasteiger partial charge is 0.416 e. The molecule has 2 aromatic carbocycles. The van der Waals surface area contributed by atoms with Crippen molar-refractivity contribution in [2.45, 2.75) is 32.0 Å². The summed E-state index contributed by atoms with van der Waals surface area (Å²) in [4.78, 5) is 24.0. The molecule has 1 fully saturated rings. The lowest BCUT2D eigenvalue weighted by atomic mass is 10.1. The van der Waals surface area contributed by atoms with Crippen LogP contribution in [0, 0.1) is 6.92 Å². The van der Waals surface area contributed by atoms with Crippen LogP contribution in [0.3, 0.4) is 0 Å². The van der Waals surface area contributed by atoms with E-state index in [1.807, 2.05) is 0 Å². The Morgan fingerprint density at radius 2 is 1.94 bits per heavy atom. The van der Waals surface area contributed by atoms with Crippen molar-refractivity contribution in [1.82, 2.24) is 5.32 Å². The van der Waals surface area contributed by atoms with E-state index in [0.717, 1.165) is 12.1 Å². The summed E-state index contributed by atoms with van der Waals surface area (Å²) < 4.78 is 56.1. The van der Waals surface area contributed by atoms with E-state index in [1.165, 1.54) is 18.2 Å². The van der Waals surface area contributed by atoms with Gasteiger partial charge >= 0.3 is 6.18 Å². The molecular formula is C21H19F3N2O5. The molecule has 4 rings (SSSR count). The Balaban J connectivity index is 1.66. The molecule has 164 valence electrons. The maximum atomic E-state index is 13.0. The van der Waals surface area contributed by atoms with Gasteiger partial charge < -0.3 is 24.8 Å². The molecule has 0 radical (unpaired) electrons. The first-order valence-electron chi connectivity index (χ1n) is 9.61. The number of nitrogens with one attached hydrogen (secondary N) is 2. The Morgan fingerprint density at radius 1 is 1.19 bits per heavy atom. The average molecular weight is 436 g/mol. The van der Waals surface area contributed by atoms with Gasteiger partial charge in [-0.15, -0.1) is 0 Å². The number of halogens is 3. The fraction of sp³-hybridized carbons (Fsp3) is 0.333. The summed E-state index contributed by atoms with van der Waals surface area (Å²) in [6, 6.07) is 5.28. The van der Waals surface area contributed by atoms with Crippen LogP contribution in [0.1, 0.15) is 24.0 Å². The molecule has 2 N–H and O–H groups in total. The fourth-order valence-electron chi connectivity index (χ4n) is 3.41. The number of hydrogen-bond donors (Lipinski definition) is 2. The molecule has 0 aromatic heterocycles. The average Bonchev–Trinajstić information content (AvgIpc) is 3.17. The third kappa shape index (κ3) is 4.37. The molecule has 0 bridgehead atoms. The lowest BCUT2D eigenvalue weighted by Gasteiger charge is -2.25. The number of anilines is 1. The Kier molecular flexibility index (Phi) is 5.38. The molecule has 10 heteroatoms. The number of fused-ring (bicyclic) bond motifs is 1. The van der Waals surface area contributed by atoms with Gasteiger partial charge in [0.05, 0.1) is 11.3 Å². The number of carbonyl (C=O) groups is 2. The highest BCUT2D eigenvalue weighted by atomic mass is 19.4. The van der Waals surface area contributed by atoms with Gasteiger partial charge in [-0.1, -0.05) is 6.07 Å². The zero-order valence-electron chi connectivity index (χ0n) is 16.5. The Labute approximate surface area is 175 Å². The lowest BCUT2D eigenvalue weighted by molar-refractivity contribution is -0.137. The molecule has 2 aromatic rings. The zero-order valence-corrected chi connectivity index (χ0v) is 16.5. The molecule has 0 aliphatic carbocycles. The molecule has 2 aliphatic rings. The molecule has 2 aliphatic heterocycles. The summed E-state index contributed by atoms with van der Waals surface area (Å²) in [5, 5.41) is 5.28. The van der Waals surface area contributed by atoms with Crippen LogP contribution in [-0.4, -0.2) is 31.1 Å². The third-order valence-electron chi connectivity index (χ3n) is 4.97. The second-order valence-electron chi connectivity index (χ2n) is 7.18. The van der Waals surface area contributed by atoms with Crippen LogP contribution in [0.15, 0.2) is 30.3 Å². The molecular weight excluding hydrogens is 417 g/mol. The molecule has 0 spiro atoms. The van der Waals surface area contributed by atoms with Crippen molar-refractivity contribution < 1.29 is 37.0 Å². The number of benzene rings is 2. The molecule has 2 heterocycles. The summed E-state index contributed by atoms with van der Waals surface area (Å²) >= 11 is 0. The maximum absolute atomic E-state index is 13.0. The first-order chi connectivity index (χ1) is 14.7. The third-order valence-corrected chi connectivity index (χ3v) is 4.97. The molecule has 1 unspecified atom stereocenters. The number of ether oxygens (including phenoxy) is 3. The SMILES string of the molecule is Cc1c(Oc2cccc(C(F)(F)F)c2)cc(NC(=O)C2CCC(=O)N2)c2c1OCCO2. The molecule has 2 amide bonds. The van der Waals surface area contributed by atoms with Gasteiger partial charge in [0.2, 0.25) is 11.8 Å². The van der Waals surface area contributed by atoms with Gasteiger partial charge in [-0.3, -0.25) is 9.59 Å². The van der Waals surface area contributed by atoms with Crippen molar-refractivity contribution in [3.05, 3.63) is 41.5 Å². The van der Waals surface area contributed by atoms with Crippen molar-refractivity contribution in [3.8, 4) is 23.0 Å². The highest BCUT2D eigenvalue weighted by Gasteiger charge is 2.32. The van der Waals surface area contributed by atoms with Crippen LogP contribution >= 0.6 is 0 Å². The first-order valence-corrected chi connectivity index (χ1v) is 9.61. The van der Waals surface area contributed by atoms with E-state index in [4.69, 9.17) is 14.2 Å². The van der Waals surface area contributed by atoms with Crippen molar-refractivity contribution in [2.75, 3.05) is 18.5 Å². The lowest BCUT2D eigenvalue weighted by Crippen LogP contribution is -2.37. The molecule has 31 heavy (non-hydrogen) atoms. The quantitative estimate of drug-likeness (QED) is 0.762. The monoisotopic (exact) mass is 436 g/mol. The van der Waals surface area contributed by atoms with E-state index < -0.39 is 23.7 Å². The van der Waals surface area contributed by atoms with Crippen molar-refractivity contribution in [3.63, 3.8) is 0 Å². The van der Waals surface area contributed by atoms with Gasteiger partial charge in [-0.05, 0) is 31.5 Å². The largest absolute Gasteiger partial charge is 0.486 e. The number of rotatable bonds is 4. The topological polar surface area (TPSA) is 85.9 Å². The van der Waals surface area contributed by atoms with Gasteiger partial charge in [0.1, 0.15) is 30.8 Å². The number of amides is 2. The molecule has 1 atom stereocenters. The van der Waals surface area contributed by atoms with Crippen LogP contribution in [0.2, 0.25) is 0 Å². The summed E-state index contributed by atoms with van der Waals surface area (Å²) in [6.45, 7) is 2.22. The summed E-state index contributed by atoms with van der Waals surface area (Å²) in [6.07, 6.45) is -3.89. The Bertz CT molecular complexity index is 1040. The van der Waals surface area contributed by atoms with E-state index in [1.54, 1.807) is 6.92 Å². The highest BCUT2D eigenvalue weighted by Crippen LogP contribution is 2.46. The second-order valence-corrected chi connectivity index (χ2v) is 7.18. The number of alkyl halides is 3. The van der Waals surface area contributed by atoms with E-state index in [9.17, 15) is 22.8 Å². The normalized spacial score (nSPS) is 17.8. The maximum Gasteiger partial charge on any atom is 0.416 e. The minimum atomic E-state index is -4.51. The van der Waals surface area contributed by atoms with Gasteiger partial charge in [0.25, 0.3) is 0 Å². The number of carbonyl (C=O) groups excluding carboxylic acids is 2. The Hall–Kier alpha value is -3.43. The standard InChI is InChI=1S/C21H19F3N2O5/c1-11-16(31-13-4-2-3-12(9-13)21(22,23)24)10-15(19-18(11)29-7-8-30-19)26-20(28)14-5-6-17(27)25-14/h2-4,9-10,14H,5-8H2,1H3,(H,25,27)(H,26,28). The van der Waals surface area contributed by atoms with Gasteiger partial charge in [0, 0.05) is 18.1 Å². The van der Waals surface area contributed by atoms with Crippen molar-refractivity contribution >= 4 is 17.5 Å². The molecule has 0 saturated carbocycles. The van der Waals surface area contributed by atoms with E-state index in [2.05, 4.69) is 10.6 Å². The van der Waals surface area contributed by atoms with E-state index >= 15 is 0 Å². The molecule has 7 nitrogen and oxygen atoms in total. The summed E-state index contributed by atoms with van der Waals surface area (Å²) in [5.41, 5.74) is -0.0848. The first kappa shape index (κ1) is 20.8. The predicted molar refractivity (Wildman–Crippen MR) is 103 cm³/mol. The van der Waals surface area contributed by atoms with Crippen LogP contribution in [0.4, 0.5) is 18.9 Å². The fourth-order valence-corrected chi connectivity index (χ4v) is 3.41. The Morgan fingerprint density at radius 3 is 2.61 bits per heavy atom. The van der Waals surface area contributed by atoms with Crippen LogP contribution in [0.25, 0.3) is 0 Å². The summed E-state index contributed by atoms with van der Waals surface area (Å²) in [7, 11) is 0. The van der Waals surface area contributed by atoms with Crippen LogP contribution in [-0.2, 0) is 15.8 Å². The number of hydrogen-bond acceptors (Lipinski definition) is 5. The highest BCUT2D eigenvalue weighted by molar-refractivity contribution is 6.00. The zero-order chi connectivity index (χ0) is 22.2. The minimum Gasteiger partial charge on any atom is -0.486 e.